The molecule has 0 aliphatic heterocycles. The van der Waals surface area contributed by atoms with Crippen LogP contribution in [-0.2, 0) is 0 Å². The smallest absolute Gasteiger partial charge is 0 e. The standard InChI is InChI=1S/C4H6.Na/c1-3-4-2;/h3-4H,1-2H2;. The number of rotatable bonds is 1. The first-order valence-electron chi connectivity index (χ1n) is 1.15. The Morgan fingerprint density at radius 1 is 1.00 bits per heavy atom. The second-order valence-corrected chi connectivity index (χ2v) is 0.471. The topological polar surface area (TPSA) is 0 Å². The average Bonchev–Trinajstić information content (AvgIpc) is 1.37. The van der Waals surface area contributed by atoms with Crippen LogP contribution in [0.15, 0.2) is 25.3 Å². The van der Waals surface area contributed by atoms with Crippen LogP contribution in [0.5, 0.6) is 0 Å². The minimum Gasteiger partial charge on any atom is -0.0991 e. The molecule has 0 nitrogen and oxygen atoms in total. The third-order valence-corrected chi connectivity index (χ3v) is 0.167. The first-order chi connectivity index (χ1) is 1.91. The van der Waals surface area contributed by atoms with Gasteiger partial charge in [0.05, 0.1) is 0 Å². The fourth-order valence-electron chi connectivity index (χ4n) is 0. The normalized spacial score (nSPS) is 4.00. The molecule has 1 radical (unpaired) electrons. The molecule has 0 fully saturated rings. The molecule has 0 aromatic heterocycles. The molecular weight excluding hydrogens is 71.0 g/mol. The second kappa shape index (κ2) is 8.82. The van der Waals surface area contributed by atoms with Crippen molar-refractivity contribution in [1.82, 2.24) is 0 Å². The summed E-state index contributed by atoms with van der Waals surface area (Å²) in [5.41, 5.74) is 0. The van der Waals surface area contributed by atoms with Gasteiger partial charge >= 0.3 is 0 Å². The summed E-state index contributed by atoms with van der Waals surface area (Å²) in [6, 6.07) is 0. The Labute approximate surface area is 54.9 Å². The fourth-order valence-corrected chi connectivity index (χ4v) is 0. The molecule has 1 heteroatoms. The van der Waals surface area contributed by atoms with Gasteiger partial charge in [0, 0.05) is 29.6 Å². The Morgan fingerprint density at radius 3 is 1.20 bits per heavy atom. The molecule has 0 rings (SSSR count). The van der Waals surface area contributed by atoms with Crippen LogP contribution in [0.4, 0.5) is 0 Å². The van der Waals surface area contributed by atoms with Crippen molar-refractivity contribution in [2.24, 2.45) is 0 Å². The van der Waals surface area contributed by atoms with Crippen molar-refractivity contribution in [3.05, 3.63) is 25.3 Å². The Kier molecular flexibility index (Phi) is 16.0. The summed E-state index contributed by atoms with van der Waals surface area (Å²) in [6.45, 7) is 6.72. The van der Waals surface area contributed by atoms with E-state index in [0.717, 1.165) is 0 Å². The van der Waals surface area contributed by atoms with Crippen molar-refractivity contribution in [2.75, 3.05) is 0 Å². The first-order valence-corrected chi connectivity index (χ1v) is 1.15. The zero-order valence-corrected chi connectivity index (χ0v) is 5.57. The minimum absolute atomic E-state index is 0. The Bertz CT molecular complexity index is 24.6. The van der Waals surface area contributed by atoms with E-state index in [1.807, 2.05) is 0 Å². The van der Waals surface area contributed by atoms with E-state index in [0.29, 0.717) is 0 Å². The molecule has 0 spiro atoms. The predicted octanol–water partition coefficient (Wildman–Crippen LogP) is 0.978. The summed E-state index contributed by atoms with van der Waals surface area (Å²) in [5, 5.41) is 0. The Balaban J connectivity index is 0. The SMILES string of the molecule is C=CC=C.[Na]. The zero-order chi connectivity index (χ0) is 3.41. The van der Waals surface area contributed by atoms with Crippen molar-refractivity contribution < 1.29 is 0 Å². The minimum atomic E-state index is 0. The Hall–Kier alpha value is 0.480. The molecule has 0 aromatic carbocycles. The summed E-state index contributed by atoms with van der Waals surface area (Å²) < 4.78 is 0. The van der Waals surface area contributed by atoms with E-state index >= 15 is 0 Å². The molecule has 0 aliphatic carbocycles. The van der Waals surface area contributed by atoms with E-state index in [9.17, 15) is 0 Å². The van der Waals surface area contributed by atoms with Gasteiger partial charge in [-0.3, -0.25) is 0 Å². The van der Waals surface area contributed by atoms with E-state index in [4.69, 9.17) is 0 Å². The number of allylic oxidation sites excluding steroid dienone is 2. The van der Waals surface area contributed by atoms with Gasteiger partial charge in [-0.05, 0) is 0 Å². The molecule has 0 aliphatic rings. The average molecular weight is 77.1 g/mol. The van der Waals surface area contributed by atoms with Crippen LogP contribution in [-0.4, -0.2) is 29.6 Å². The molecule has 0 bridgehead atoms. The predicted molar refractivity (Wildman–Crippen MR) is 26.1 cm³/mol. The molecule has 0 N–H and O–H groups in total. The molecule has 0 atom stereocenters. The summed E-state index contributed by atoms with van der Waals surface area (Å²) >= 11 is 0. The van der Waals surface area contributed by atoms with Crippen LogP contribution in [0.1, 0.15) is 0 Å². The molecule has 0 heterocycles. The van der Waals surface area contributed by atoms with Crippen LogP contribution in [0.25, 0.3) is 0 Å². The van der Waals surface area contributed by atoms with Crippen LogP contribution >= 0.6 is 0 Å². The van der Waals surface area contributed by atoms with Gasteiger partial charge in [0.25, 0.3) is 0 Å². The maximum Gasteiger partial charge on any atom is 0 e. The number of hydrogen-bond donors (Lipinski definition) is 0. The summed E-state index contributed by atoms with van der Waals surface area (Å²) in [5.74, 6) is 0. The molecule has 23 valence electrons. The molecule has 0 saturated carbocycles. The van der Waals surface area contributed by atoms with Crippen molar-refractivity contribution in [3.8, 4) is 0 Å². The van der Waals surface area contributed by atoms with E-state index < -0.39 is 0 Å². The molecule has 0 saturated heterocycles. The Morgan fingerprint density at radius 2 is 1.20 bits per heavy atom. The van der Waals surface area contributed by atoms with Crippen LogP contribution in [0.3, 0.4) is 0 Å². The van der Waals surface area contributed by atoms with Crippen molar-refractivity contribution in [2.45, 2.75) is 0 Å². The molecule has 0 amide bonds. The number of hydrogen-bond acceptors (Lipinski definition) is 0. The molecule has 0 aromatic rings. The van der Waals surface area contributed by atoms with Crippen LogP contribution in [0.2, 0.25) is 0 Å². The third kappa shape index (κ3) is 12.6. The van der Waals surface area contributed by atoms with Gasteiger partial charge in [-0.1, -0.05) is 25.3 Å². The second-order valence-electron chi connectivity index (χ2n) is 0.471. The van der Waals surface area contributed by atoms with Crippen molar-refractivity contribution in [3.63, 3.8) is 0 Å². The monoisotopic (exact) mass is 77.0 g/mol. The zero-order valence-electron chi connectivity index (χ0n) is 3.57. The van der Waals surface area contributed by atoms with Gasteiger partial charge in [0.15, 0.2) is 0 Å². The van der Waals surface area contributed by atoms with Gasteiger partial charge in [-0.15, -0.1) is 0 Å². The van der Waals surface area contributed by atoms with E-state index in [1.54, 1.807) is 12.2 Å². The van der Waals surface area contributed by atoms with E-state index in [-0.39, 0.29) is 29.6 Å². The fraction of sp³-hybridized carbons (Fsp3) is 0. The van der Waals surface area contributed by atoms with E-state index in [1.165, 1.54) is 0 Å². The first kappa shape index (κ1) is 9.08. The summed E-state index contributed by atoms with van der Waals surface area (Å²) in [6.07, 6.45) is 3.28. The summed E-state index contributed by atoms with van der Waals surface area (Å²) in [7, 11) is 0. The quantitative estimate of drug-likeness (QED) is 0.323. The maximum absolute atomic E-state index is 3.36. The molecular formula is C4H6Na. The third-order valence-electron chi connectivity index (χ3n) is 0.167. The largest absolute Gasteiger partial charge is 0.0991 e. The van der Waals surface area contributed by atoms with Gasteiger partial charge in [0.2, 0.25) is 0 Å². The van der Waals surface area contributed by atoms with Gasteiger partial charge in [0.1, 0.15) is 0 Å². The maximum atomic E-state index is 3.36. The van der Waals surface area contributed by atoms with Crippen LogP contribution < -0.4 is 0 Å². The van der Waals surface area contributed by atoms with Crippen molar-refractivity contribution in [1.29, 1.82) is 0 Å². The van der Waals surface area contributed by atoms with Gasteiger partial charge < -0.3 is 0 Å². The summed E-state index contributed by atoms with van der Waals surface area (Å²) in [4.78, 5) is 0. The van der Waals surface area contributed by atoms with Gasteiger partial charge in [-0.2, -0.15) is 0 Å². The molecule has 5 heavy (non-hydrogen) atoms. The molecule has 0 unspecified atom stereocenters. The van der Waals surface area contributed by atoms with Crippen molar-refractivity contribution >= 4 is 29.6 Å². The van der Waals surface area contributed by atoms with Gasteiger partial charge in [-0.25, -0.2) is 0 Å². The van der Waals surface area contributed by atoms with Crippen LogP contribution in [0, 0.1) is 0 Å². The van der Waals surface area contributed by atoms with E-state index in [2.05, 4.69) is 13.2 Å².